The zero-order valence-corrected chi connectivity index (χ0v) is 32.3. The summed E-state index contributed by atoms with van der Waals surface area (Å²) in [6, 6.07) is -2.15. The smallest absolute Gasteiger partial charge is 0.407 e. The number of nitrogens with one attached hydrogen (secondary N) is 4. The highest BCUT2D eigenvalue weighted by atomic mass is 16.9. The first-order valence-corrected chi connectivity index (χ1v) is 17.5. The summed E-state index contributed by atoms with van der Waals surface area (Å²) in [7, 11) is 2.84. The number of amides is 4. The number of carboxylic acid groups (broad SMARTS) is 1. The van der Waals surface area contributed by atoms with Crippen molar-refractivity contribution < 1.29 is 81.4 Å². The Labute approximate surface area is 312 Å². The van der Waals surface area contributed by atoms with Crippen LogP contribution in [-0.2, 0) is 71.5 Å². The van der Waals surface area contributed by atoms with E-state index in [0.29, 0.717) is 0 Å². The zero-order valence-electron chi connectivity index (χ0n) is 32.3. The van der Waals surface area contributed by atoms with E-state index in [2.05, 4.69) is 21.6 Å². The lowest BCUT2D eigenvalue weighted by molar-refractivity contribution is -0.220. The van der Waals surface area contributed by atoms with E-state index >= 15 is 0 Å². The maximum absolute atomic E-state index is 13.4. The van der Waals surface area contributed by atoms with Gasteiger partial charge in [0.05, 0.1) is 24.9 Å². The average molecular weight is 779 g/mol. The van der Waals surface area contributed by atoms with E-state index in [1.807, 2.05) is 0 Å². The van der Waals surface area contributed by atoms with Crippen LogP contribution in [-0.4, -0.2) is 140 Å². The number of carbonyl (C=O) groups is 5. The number of alkyl carbamates (subject to hydrolysis) is 1. The maximum Gasteiger partial charge on any atom is 0.407 e. The summed E-state index contributed by atoms with van der Waals surface area (Å²) in [5.41, 5.74) is 3.43. The molecule has 0 unspecified atom stereocenters. The number of fused-ring (bicyclic) bond motifs is 2. The van der Waals surface area contributed by atoms with Gasteiger partial charge in [0.1, 0.15) is 42.2 Å². The highest BCUT2D eigenvalue weighted by Gasteiger charge is 2.58. The number of rotatable bonds is 16. The largest absolute Gasteiger partial charge is 0.479 e. The molecular formula is C33H54N4O17. The van der Waals surface area contributed by atoms with Crippen LogP contribution in [0.25, 0.3) is 0 Å². The predicted octanol–water partition coefficient (Wildman–Crippen LogP) is -0.115. The van der Waals surface area contributed by atoms with Crippen molar-refractivity contribution in [3.05, 3.63) is 0 Å². The van der Waals surface area contributed by atoms with E-state index in [0.717, 1.165) is 0 Å². The number of aliphatic carboxylic acids is 1. The molecule has 0 aromatic carbocycles. The number of carboxylic acids is 1. The summed E-state index contributed by atoms with van der Waals surface area (Å²) in [5, 5.41) is 14.4. The van der Waals surface area contributed by atoms with Gasteiger partial charge in [-0.15, -0.1) is 0 Å². The molecule has 0 radical (unpaired) electrons. The Balaban J connectivity index is 1.41. The van der Waals surface area contributed by atoms with E-state index in [-0.39, 0.29) is 0 Å². The van der Waals surface area contributed by atoms with E-state index < -0.39 is 133 Å². The Morgan fingerprint density at radius 3 is 1.54 bits per heavy atom. The lowest BCUT2D eigenvalue weighted by Gasteiger charge is -2.31. The molecule has 0 spiro atoms. The van der Waals surface area contributed by atoms with Crippen molar-refractivity contribution in [2.75, 3.05) is 14.2 Å². The molecule has 4 heterocycles. The van der Waals surface area contributed by atoms with E-state index in [1.54, 1.807) is 48.5 Å². The number of hydrogen-bond donors (Lipinski definition) is 5. The van der Waals surface area contributed by atoms with Gasteiger partial charge in [-0.25, -0.2) is 20.5 Å². The molecular weight excluding hydrogens is 724 g/mol. The van der Waals surface area contributed by atoms with E-state index in [1.165, 1.54) is 28.1 Å². The second-order valence-electron chi connectivity index (χ2n) is 15.2. The molecule has 21 nitrogen and oxygen atoms in total. The van der Waals surface area contributed by atoms with E-state index in [4.69, 9.17) is 57.4 Å². The van der Waals surface area contributed by atoms with Crippen molar-refractivity contribution in [3.8, 4) is 0 Å². The number of methoxy groups -OCH3 is 2. The maximum atomic E-state index is 13.4. The molecule has 4 saturated heterocycles. The third-order valence-electron chi connectivity index (χ3n) is 8.65. The molecule has 4 fully saturated rings. The second kappa shape index (κ2) is 17.3. The van der Waals surface area contributed by atoms with Crippen LogP contribution in [0.4, 0.5) is 4.79 Å². The van der Waals surface area contributed by atoms with Crippen molar-refractivity contribution in [3.63, 3.8) is 0 Å². The van der Waals surface area contributed by atoms with Gasteiger partial charge in [0.15, 0.2) is 36.4 Å². The molecule has 4 aliphatic rings. The quantitative estimate of drug-likeness (QED) is 0.128. The van der Waals surface area contributed by atoms with Crippen LogP contribution >= 0.6 is 0 Å². The first-order valence-electron chi connectivity index (χ1n) is 17.5. The number of hydroxylamine groups is 2. The Morgan fingerprint density at radius 2 is 1.13 bits per heavy atom. The van der Waals surface area contributed by atoms with Crippen molar-refractivity contribution in [2.24, 2.45) is 0 Å². The molecule has 0 aliphatic carbocycles. The Hall–Kier alpha value is -3.25. The summed E-state index contributed by atoms with van der Waals surface area (Å²) in [6.45, 7) is 14.4. The molecule has 21 heteroatoms. The van der Waals surface area contributed by atoms with Crippen molar-refractivity contribution in [1.29, 1.82) is 0 Å². The van der Waals surface area contributed by atoms with Gasteiger partial charge in [-0.2, -0.15) is 0 Å². The average Bonchev–Trinajstić information content (AvgIpc) is 3.74. The van der Waals surface area contributed by atoms with Crippen LogP contribution in [0, 0.1) is 0 Å². The molecule has 0 aromatic rings. The molecule has 12 atom stereocenters. The SMILES string of the molecule is CO[C@@H]1[C@H]2OC(C)(C)O[C@H]2O[C@@H]1[C@H](CC(=O)NO[C@H](C)C(=O)N[C@@H](CC(=O)NO[C@H](C)C(=O)O)[C@H]1O[C@@H]2OC(C)(C)O[C@@H]2[C@H]1OC)NC(=O)OC(C)(C)C. The van der Waals surface area contributed by atoms with Gasteiger partial charge >= 0.3 is 12.1 Å². The van der Waals surface area contributed by atoms with Gasteiger partial charge in [-0.3, -0.25) is 24.1 Å². The highest BCUT2D eigenvalue weighted by Crippen LogP contribution is 2.41. The fourth-order valence-electron chi connectivity index (χ4n) is 6.35. The van der Waals surface area contributed by atoms with E-state index in [9.17, 15) is 24.0 Å². The van der Waals surface area contributed by atoms with Gasteiger partial charge < -0.3 is 58.4 Å². The molecule has 4 aliphatic heterocycles. The monoisotopic (exact) mass is 778 g/mol. The van der Waals surface area contributed by atoms with Crippen molar-refractivity contribution in [1.82, 2.24) is 21.6 Å². The van der Waals surface area contributed by atoms with Crippen LogP contribution in [0.3, 0.4) is 0 Å². The minimum absolute atomic E-state index is 0.414. The Bertz CT molecular complexity index is 1370. The Kier molecular flexibility index (Phi) is 13.9. The summed E-state index contributed by atoms with van der Waals surface area (Å²) >= 11 is 0. The second-order valence-corrected chi connectivity index (χ2v) is 15.2. The molecule has 5 N–H and O–H groups in total. The zero-order chi connectivity index (χ0) is 40.3. The number of ether oxygens (including phenoxy) is 9. The van der Waals surface area contributed by atoms with Gasteiger partial charge in [0.2, 0.25) is 11.8 Å². The highest BCUT2D eigenvalue weighted by molar-refractivity contribution is 5.83. The molecule has 0 bridgehead atoms. The first kappa shape index (κ1) is 43.5. The molecule has 308 valence electrons. The van der Waals surface area contributed by atoms with Crippen molar-refractivity contribution in [2.45, 2.75) is 166 Å². The van der Waals surface area contributed by atoms with Gasteiger partial charge in [0.25, 0.3) is 5.91 Å². The van der Waals surface area contributed by atoms with Gasteiger partial charge in [-0.1, -0.05) is 0 Å². The summed E-state index contributed by atoms with van der Waals surface area (Å²) in [5.74, 6) is -5.57. The minimum Gasteiger partial charge on any atom is -0.479 e. The third kappa shape index (κ3) is 11.2. The molecule has 54 heavy (non-hydrogen) atoms. The third-order valence-corrected chi connectivity index (χ3v) is 8.65. The minimum atomic E-state index is -1.36. The molecule has 0 aromatic heterocycles. The number of carbonyl (C=O) groups excluding carboxylic acids is 4. The normalized spacial score (nSPS) is 31.7. The molecule has 4 rings (SSSR count). The van der Waals surface area contributed by atoms with Crippen LogP contribution in [0.15, 0.2) is 0 Å². The fourth-order valence-corrected chi connectivity index (χ4v) is 6.35. The lowest BCUT2D eigenvalue weighted by atomic mass is 10.00. The standard InChI is InChI=1S/C33H54N4O17/c1-14(26(40)34-16(12-18(38)37-54-15(2)27(41)42)20-22(44-10)24-28(46-20)50-32(6,7)48-24)53-36-19(39)13-17(35-30(43)52-31(3,4)5)21-23(45-11)25-29(47-21)51-33(8,9)49-25/h14-17,20-25,28-29H,12-13H2,1-11H3,(H,34,40)(H,35,43)(H,36,39)(H,37,38)(H,41,42)/t14-,15-,16+,17+,20-,21-,22+,23+,24-,25-,28-,29-/m1/s1. The summed E-state index contributed by atoms with van der Waals surface area (Å²) in [6.07, 6.45) is -11.0. The summed E-state index contributed by atoms with van der Waals surface area (Å²) in [4.78, 5) is 73.8. The van der Waals surface area contributed by atoms with Gasteiger partial charge in [0, 0.05) is 14.2 Å². The predicted molar refractivity (Wildman–Crippen MR) is 178 cm³/mol. The number of hydrogen-bond acceptors (Lipinski definition) is 16. The first-order chi connectivity index (χ1) is 25.0. The fraction of sp³-hybridized carbons (Fsp3) is 0.848. The lowest BCUT2D eigenvalue weighted by Crippen LogP contribution is -2.55. The molecule has 4 amide bonds. The van der Waals surface area contributed by atoms with Crippen LogP contribution < -0.4 is 21.6 Å². The van der Waals surface area contributed by atoms with Crippen LogP contribution in [0.2, 0.25) is 0 Å². The Morgan fingerprint density at radius 1 is 0.704 bits per heavy atom. The summed E-state index contributed by atoms with van der Waals surface area (Å²) < 4.78 is 52.3. The van der Waals surface area contributed by atoms with Crippen LogP contribution in [0.5, 0.6) is 0 Å². The van der Waals surface area contributed by atoms with Crippen molar-refractivity contribution >= 4 is 29.8 Å². The topological polar surface area (TPSA) is 255 Å². The molecule has 0 saturated carbocycles. The van der Waals surface area contributed by atoms with Gasteiger partial charge in [-0.05, 0) is 62.3 Å². The van der Waals surface area contributed by atoms with Crippen LogP contribution in [0.1, 0.15) is 75.2 Å².